The molecule has 0 fully saturated rings. The number of allylic oxidation sites excluding steroid dienone is 1. The molecule has 1 heterocycles. The zero-order valence-corrected chi connectivity index (χ0v) is 8.99. The molecule has 0 bridgehead atoms. The van der Waals surface area contributed by atoms with E-state index < -0.39 is 0 Å². The summed E-state index contributed by atoms with van der Waals surface area (Å²) in [4.78, 5) is 3.97. The molecular formula is C13H14N2O. The highest BCUT2D eigenvalue weighted by atomic mass is 16.5. The molecule has 0 aliphatic carbocycles. The first-order chi connectivity index (χ1) is 7.95. The summed E-state index contributed by atoms with van der Waals surface area (Å²) in [6.45, 7) is 1.43. The molecule has 82 valence electrons. The van der Waals surface area contributed by atoms with Crippen molar-refractivity contribution >= 4 is 0 Å². The van der Waals surface area contributed by atoms with Gasteiger partial charge in [0, 0.05) is 18.9 Å². The monoisotopic (exact) mass is 214 g/mol. The second-order valence-corrected chi connectivity index (χ2v) is 3.35. The molecule has 2 aromatic rings. The standard InChI is InChI=1S/C13H14N2O/c1-2-6-13(7-3-1)16-11-5-4-9-15-10-8-14-12-15/h1-8,10,12H,9,11H2/b5-4+. The maximum absolute atomic E-state index is 5.51. The van der Waals surface area contributed by atoms with Gasteiger partial charge < -0.3 is 9.30 Å². The maximum atomic E-state index is 5.51. The molecular weight excluding hydrogens is 200 g/mol. The summed E-state index contributed by atoms with van der Waals surface area (Å²) in [6, 6.07) is 9.80. The predicted octanol–water partition coefficient (Wildman–Crippen LogP) is 2.52. The third-order valence-corrected chi connectivity index (χ3v) is 2.13. The summed E-state index contributed by atoms with van der Waals surface area (Å²) >= 11 is 0. The number of nitrogens with zero attached hydrogens (tertiary/aromatic N) is 2. The van der Waals surface area contributed by atoms with E-state index in [1.54, 1.807) is 12.5 Å². The third kappa shape index (κ3) is 3.28. The first-order valence-corrected chi connectivity index (χ1v) is 5.24. The molecule has 1 aromatic carbocycles. The smallest absolute Gasteiger partial charge is 0.119 e. The molecule has 3 heteroatoms. The van der Waals surface area contributed by atoms with Crippen LogP contribution in [0.5, 0.6) is 5.75 Å². The van der Waals surface area contributed by atoms with Crippen LogP contribution < -0.4 is 4.74 Å². The van der Waals surface area contributed by atoms with E-state index >= 15 is 0 Å². The highest BCUT2D eigenvalue weighted by molar-refractivity contribution is 5.21. The van der Waals surface area contributed by atoms with Crippen LogP contribution in [0.15, 0.2) is 61.2 Å². The van der Waals surface area contributed by atoms with E-state index in [-0.39, 0.29) is 0 Å². The zero-order valence-electron chi connectivity index (χ0n) is 8.99. The first-order valence-electron chi connectivity index (χ1n) is 5.24. The second kappa shape index (κ2) is 5.75. The number of imidazole rings is 1. The molecule has 16 heavy (non-hydrogen) atoms. The molecule has 0 saturated heterocycles. The predicted molar refractivity (Wildman–Crippen MR) is 63.3 cm³/mol. The van der Waals surface area contributed by atoms with Crippen LogP contribution in [0, 0.1) is 0 Å². The third-order valence-electron chi connectivity index (χ3n) is 2.13. The van der Waals surface area contributed by atoms with Gasteiger partial charge in [-0.15, -0.1) is 0 Å². The van der Waals surface area contributed by atoms with E-state index in [1.165, 1.54) is 0 Å². The largest absolute Gasteiger partial charge is 0.490 e. The van der Waals surface area contributed by atoms with Crippen LogP contribution >= 0.6 is 0 Å². The van der Waals surface area contributed by atoms with Crippen molar-refractivity contribution in [1.29, 1.82) is 0 Å². The number of hydrogen-bond acceptors (Lipinski definition) is 2. The number of aromatic nitrogens is 2. The maximum Gasteiger partial charge on any atom is 0.119 e. The minimum absolute atomic E-state index is 0.596. The SMILES string of the molecule is C(=C\Cn1ccnc1)/COc1ccccc1. The number of rotatable bonds is 5. The molecule has 0 aliphatic heterocycles. The van der Waals surface area contributed by atoms with Crippen molar-refractivity contribution in [2.45, 2.75) is 6.54 Å². The first kappa shape index (κ1) is 10.5. The second-order valence-electron chi connectivity index (χ2n) is 3.35. The van der Waals surface area contributed by atoms with Gasteiger partial charge in [-0.05, 0) is 18.2 Å². The molecule has 3 nitrogen and oxygen atoms in total. The Hall–Kier alpha value is -2.03. The van der Waals surface area contributed by atoms with Gasteiger partial charge in [-0.25, -0.2) is 4.98 Å². The van der Waals surface area contributed by atoms with E-state index in [0.717, 1.165) is 12.3 Å². The van der Waals surface area contributed by atoms with Crippen LogP contribution in [0.2, 0.25) is 0 Å². The molecule has 0 atom stereocenters. The van der Waals surface area contributed by atoms with Crippen molar-refractivity contribution < 1.29 is 4.74 Å². The minimum atomic E-state index is 0.596. The topological polar surface area (TPSA) is 27.1 Å². The summed E-state index contributed by atoms with van der Waals surface area (Å²) in [5.74, 6) is 0.898. The summed E-state index contributed by atoms with van der Waals surface area (Å²) in [6.07, 6.45) is 9.57. The number of benzene rings is 1. The van der Waals surface area contributed by atoms with Gasteiger partial charge in [-0.3, -0.25) is 0 Å². The molecule has 0 N–H and O–H groups in total. The van der Waals surface area contributed by atoms with Crippen molar-refractivity contribution in [1.82, 2.24) is 9.55 Å². The highest BCUT2D eigenvalue weighted by Gasteiger charge is 1.87. The Balaban J connectivity index is 1.70. The summed E-state index contributed by atoms with van der Waals surface area (Å²) in [5.41, 5.74) is 0. The van der Waals surface area contributed by atoms with Crippen molar-refractivity contribution in [3.63, 3.8) is 0 Å². The van der Waals surface area contributed by atoms with Gasteiger partial charge in [0.2, 0.25) is 0 Å². The fourth-order valence-corrected chi connectivity index (χ4v) is 1.32. The molecule has 0 unspecified atom stereocenters. The molecule has 1 aromatic heterocycles. The lowest BCUT2D eigenvalue weighted by Gasteiger charge is -2.01. The molecule has 0 aliphatic rings. The van der Waals surface area contributed by atoms with Crippen LogP contribution in [-0.4, -0.2) is 16.2 Å². The zero-order chi connectivity index (χ0) is 11.1. The Bertz CT molecular complexity index is 420. The van der Waals surface area contributed by atoms with Gasteiger partial charge in [0.15, 0.2) is 0 Å². The molecule has 0 radical (unpaired) electrons. The Labute approximate surface area is 95.0 Å². The normalized spacial score (nSPS) is 10.8. The quantitative estimate of drug-likeness (QED) is 0.715. The van der Waals surface area contributed by atoms with Crippen LogP contribution in [0.3, 0.4) is 0 Å². The number of hydrogen-bond donors (Lipinski definition) is 0. The highest BCUT2D eigenvalue weighted by Crippen LogP contribution is 2.07. The van der Waals surface area contributed by atoms with Gasteiger partial charge in [0.1, 0.15) is 12.4 Å². The van der Waals surface area contributed by atoms with E-state index in [9.17, 15) is 0 Å². The van der Waals surface area contributed by atoms with Crippen LogP contribution in [0.1, 0.15) is 0 Å². The van der Waals surface area contributed by atoms with Crippen molar-refractivity contribution in [3.8, 4) is 5.75 Å². The summed E-state index contributed by atoms with van der Waals surface area (Å²) < 4.78 is 7.51. The van der Waals surface area contributed by atoms with Gasteiger partial charge >= 0.3 is 0 Å². The van der Waals surface area contributed by atoms with Crippen LogP contribution in [0.4, 0.5) is 0 Å². The average molecular weight is 214 g/mol. The molecule has 0 amide bonds. The number of para-hydroxylation sites is 1. The van der Waals surface area contributed by atoms with Crippen molar-refractivity contribution in [2.24, 2.45) is 0 Å². The van der Waals surface area contributed by atoms with E-state index in [1.807, 2.05) is 47.2 Å². The minimum Gasteiger partial charge on any atom is -0.490 e. The fourth-order valence-electron chi connectivity index (χ4n) is 1.32. The van der Waals surface area contributed by atoms with E-state index in [4.69, 9.17) is 4.74 Å². The van der Waals surface area contributed by atoms with Gasteiger partial charge in [-0.1, -0.05) is 24.3 Å². The summed E-state index contributed by atoms with van der Waals surface area (Å²) in [7, 11) is 0. The Morgan fingerprint density at radius 1 is 1.19 bits per heavy atom. The lowest BCUT2D eigenvalue weighted by Crippen LogP contribution is -1.94. The van der Waals surface area contributed by atoms with Gasteiger partial charge in [0.25, 0.3) is 0 Å². The lowest BCUT2D eigenvalue weighted by molar-refractivity contribution is 0.362. The van der Waals surface area contributed by atoms with Gasteiger partial charge in [0.05, 0.1) is 6.33 Å². The number of ether oxygens (including phenoxy) is 1. The summed E-state index contributed by atoms with van der Waals surface area (Å²) in [5, 5.41) is 0. The van der Waals surface area contributed by atoms with E-state index in [2.05, 4.69) is 11.1 Å². The molecule has 0 spiro atoms. The molecule has 0 saturated carbocycles. The van der Waals surface area contributed by atoms with Crippen molar-refractivity contribution in [3.05, 3.63) is 61.2 Å². The van der Waals surface area contributed by atoms with Crippen molar-refractivity contribution in [2.75, 3.05) is 6.61 Å². The Morgan fingerprint density at radius 3 is 2.81 bits per heavy atom. The fraction of sp³-hybridized carbons (Fsp3) is 0.154. The van der Waals surface area contributed by atoms with Gasteiger partial charge in [-0.2, -0.15) is 0 Å². The lowest BCUT2D eigenvalue weighted by atomic mass is 10.3. The van der Waals surface area contributed by atoms with Crippen LogP contribution in [0.25, 0.3) is 0 Å². The Morgan fingerprint density at radius 2 is 2.06 bits per heavy atom. The average Bonchev–Trinajstić information content (AvgIpc) is 2.83. The Kier molecular flexibility index (Phi) is 3.77. The molecule has 2 rings (SSSR count). The van der Waals surface area contributed by atoms with Crippen LogP contribution in [-0.2, 0) is 6.54 Å². The van der Waals surface area contributed by atoms with E-state index in [0.29, 0.717) is 6.61 Å².